The fourth-order valence-electron chi connectivity index (χ4n) is 4.76. The Kier molecular flexibility index (Phi) is 4.56. The van der Waals surface area contributed by atoms with Gasteiger partial charge in [0.05, 0.1) is 11.1 Å². The van der Waals surface area contributed by atoms with Crippen LogP contribution in [0.25, 0.3) is 10.6 Å². The van der Waals surface area contributed by atoms with Crippen molar-refractivity contribution in [2.24, 2.45) is 13.0 Å². The predicted molar refractivity (Wildman–Crippen MR) is 108 cm³/mol. The van der Waals surface area contributed by atoms with Gasteiger partial charge in [0.25, 0.3) is 5.91 Å². The van der Waals surface area contributed by atoms with Crippen molar-refractivity contribution in [3.05, 3.63) is 53.4 Å². The summed E-state index contributed by atoms with van der Waals surface area (Å²) in [6.07, 6.45) is 3.86. The highest BCUT2D eigenvalue weighted by atomic mass is 32.1. The molecule has 3 saturated heterocycles. The van der Waals surface area contributed by atoms with E-state index in [9.17, 15) is 4.79 Å². The summed E-state index contributed by atoms with van der Waals surface area (Å²) in [6, 6.07) is 10.3. The lowest BCUT2D eigenvalue weighted by Gasteiger charge is -2.49. The molecule has 3 fully saturated rings. The van der Waals surface area contributed by atoms with Gasteiger partial charge in [-0.05, 0) is 54.9 Å². The van der Waals surface area contributed by atoms with Crippen molar-refractivity contribution < 1.29 is 9.21 Å². The van der Waals surface area contributed by atoms with E-state index in [2.05, 4.69) is 45.5 Å². The standard InChI is InChI=1S/C21H24N4O2S/c1-24-18(11-17(23-24)20-5-3-9-28-20)16-13-25-7-6-14(16)10-15(25)12-22-21(26)19-4-2-8-27-19/h2-5,8-9,11,14-16H,6-7,10,12-13H2,1H3,(H,22,26)/t14-,15+,16+/m0/s1. The number of carbonyl (C=O) groups is 1. The maximum absolute atomic E-state index is 12.2. The molecule has 3 aromatic heterocycles. The van der Waals surface area contributed by atoms with Crippen molar-refractivity contribution in [3.63, 3.8) is 0 Å². The van der Waals surface area contributed by atoms with Crippen LogP contribution >= 0.6 is 11.3 Å². The number of carbonyl (C=O) groups excluding carboxylic acids is 1. The molecule has 0 radical (unpaired) electrons. The van der Waals surface area contributed by atoms with Gasteiger partial charge in [-0.3, -0.25) is 14.4 Å². The Hall–Kier alpha value is -2.38. The van der Waals surface area contributed by atoms with E-state index in [-0.39, 0.29) is 5.91 Å². The van der Waals surface area contributed by atoms with Crippen molar-refractivity contribution in [2.75, 3.05) is 19.6 Å². The Labute approximate surface area is 168 Å². The molecule has 0 aromatic carbocycles. The third-order valence-corrected chi connectivity index (χ3v) is 7.08. The minimum absolute atomic E-state index is 0.128. The number of furan rings is 1. The number of amides is 1. The van der Waals surface area contributed by atoms with Gasteiger partial charge < -0.3 is 9.73 Å². The second-order valence-corrected chi connectivity index (χ2v) is 8.73. The van der Waals surface area contributed by atoms with Gasteiger partial charge in [0, 0.05) is 37.8 Å². The summed E-state index contributed by atoms with van der Waals surface area (Å²) in [5, 5.41) is 9.89. The first-order valence-electron chi connectivity index (χ1n) is 9.82. The minimum Gasteiger partial charge on any atom is -0.459 e. The van der Waals surface area contributed by atoms with Crippen molar-refractivity contribution in [3.8, 4) is 10.6 Å². The van der Waals surface area contributed by atoms with Crippen LogP contribution in [0.1, 0.15) is 35.0 Å². The zero-order valence-corrected chi connectivity index (χ0v) is 16.7. The SMILES string of the molecule is Cn1nc(-c2cccs2)cc1[C@@H]1CN2CC[C@H]1C[C@@H]2CNC(=O)c1ccco1. The summed E-state index contributed by atoms with van der Waals surface area (Å²) < 4.78 is 7.25. The topological polar surface area (TPSA) is 63.3 Å². The normalized spacial score (nSPS) is 26.5. The fraction of sp³-hybridized carbons (Fsp3) is 0.429. The molecule has 0 aliphatic carbocycles. The number of hydrogen-bond acceptors (Lipinski definition) is 5. The number of aryl methyl sites for hydroxylation is 1. The molecule has 1 unspecified atom stereocenters. The van der Waals surface area contributed by atoms with Crippen LogP contribution in [0.15, 0.2) is 46.4 Å². The van der Waals surface area contributed by atoms with Crippen LogP contribution in [-0.4, -0.2) is 46.3 Å². The van der Waals surface area contributed by atoms with E-state index in [1.54, 1.807) is 23.5 Å². The predicted octanol–water partition coefficient (Wildman–Crippen LogP) is 3.35. The number of piperidine rings is 3. The summed E-state index contributed by atoms with van der Waals surface area (Å²) >= 11 is 1.73. The first-order valence-corrected chi connectivity index (χ1v) is 10.7. The largest absolute Gasteiger partial charge is 0.459 e. The van der Waals surface area contributed by atoms with Crippen molar-refractivity contribution in [2.45, 2.75) is 24.8 Å². The number of hydrogen-bond donors (Lipinski definition) is 1. The van der Waals surface area contributed by atoms with Crippen LogP contribution in [0.2, 0.25) is 0 Å². The smallest absolute Gasteiger partial charge is 0.287 e. The number of fused-ring (bicyclic) bond motifs is 3. The quantitative estimate of drug-likeness (QED) is 0.718. The molecule has 6 rings (SSSR count). The molecule has 6 heterocycles. The number of nitrogens with one attached hydrogen (secondary N) is 1. The summed E-state index contributed by atoms with van der Waals surface area (Å²) in [5.74, 6) is 1.40. The maximum Gasteiger partial charge on any atom is 0.287 e. The highest BCUT2D eigenvalue weighted by molar-refractivity contribution is 7.13. The third kappa shape index (κ3) is 3.18. The summed E-state index contributed by atoms with van der Waals surface area (Å²) in [4.78, 5) is 15.9. The van der Waals surface area contributed by atoms with Gasteiger partial charge >= 0.3 is 0 Å². The van der Waals surface area contributed by atoms with E-state index in [1.165, 1.54) is 23.3 Å². The number of nitrogens with zero attached hydrogens (tertiary/aromatic N) is 3. The molecular formula is C21H24N4O2S. The van der Waals surface area contributed by atoms with Crippen LogP contribution in [0.4, 0.5) is 0 Å². The average molecular weight is 397 g/mol. The van der Waals surface area contributed by atoms with Crippen LogP contribution in [-0.2, 0) is 7.05 Å². The van der Waals surface area contributed by atoms with Crippen LogP contribution in [0.3, 0.4) is 0 Å². The Bertz CT molecular complexity index is 947. The van der Waals surface area contributed by atoms with E-state index in [0.717, 1.165) is 25.2 Å². The Balaban J connectivity index is 1.27. The third-order valence-electron chi connectivity index (χ3n) is 6.19. The molecule has 7 heteroatoms. The van der Waals surface area contributed by atoms with Crippen molar-refractivity contribution in [1.29, 1.82) is 0 Å². The zero-order chi connectivity index (χ0) is 19.1. The van der Waals surface area contributed by atoms with Crippen LogP contribution in [0.5, 0.6) is 0 Å². The van der Waals surface area contributed by atoms with Gasteiger partial charge in [-0.15, -0.1) is 11.3 Å². The lowest BCUT2D eigenvalue weighted by molar-refractivity contribution is 0.0278. The monoisotopic (exact) mass is 396 g/mol. The lowest BCUT2D eigenvalue weighted by Crippen LogP contribution is -2.56. The first-order chi connectivity index (χ1) is 13.7. The number of aromatic nitrogens is 2. The number of rotatable bonds is 5. The molecule has 1 amide bonds. The molecule has 0 saturated carbocycles. The molecular weight excluding hydrogens is 372 g/mol. The average Bonchev–Trinajstić information content (AvgIpc) is 3.47. The first kappa shape index (κ1) is 17.7. The molecule has 3 aliphatic rings. The molecule has 146 valence electrons. The molecule has 3 aromatic rings. The Morgan fingerprint density at radius 1 is 1.39 bits per heavy atom. The van der Waals surface area contributed by atoms with E-state index < -0.39 is 0 Å². The fourth-order valence-corrected chi connectivity index (χ4v) is 5.45. The van der Waals surface area contributed by atoms with Gasteiger partial charge in [-0.25, -0.2) is 0 Å². The van der Waals surface area contributed by atoms with Gasteiger partial charge in [-0.2, -0.15) is 5.10 Å². The van der Waals surface area contributed by atoms with Crippen LogP contribution in [0, 0.1) is 5.92 Å². The maximum atomic E-state index is 12.2. The minimum atomic E-state index is -0.128. The summed E-state index contributed by atoms with van der Waals surface area (Å²) in [6.45, 7) is 2.82. The molecule has 28 heavy (non-hydrogen) atoms. The second kappa shape index (κ2) is 7.22. The van der Waals surface area contributed by atoms with E-state index >= 15 is 0 Å². The summed E-state index contributed by atoms with van der Waals surface area (Å²) in [5.41, 5.74) is 2.40. The summed E-state index contributed by atoms with van der Waals surface area (Å²) in [7, 11) is 2.06. The van der Waals surface area contributed by atoms with E-state index in [4.69, 9.17) is 9.52 Å². The van der Waals surface area contributed by atoms with E-state index in [0.29, 0.717) is 30.2 Å². The van der Waals surface area contributed by atoms with Crippen LogP contribution < -0.4 is 5.32 Å². The lowest BCUT2D eigenvalue weighted by atomic mass is 9.74. The molecule has 1 N–H and O–H groups in total. The van der Waals surface area contributed by atoms with E-state index in [1.807, 2.05) is 0 Å². The molecule has 6 nitrogen and oxygen atoms in total. The van der Waals surface area contributed by atoms with Gasteiger partial charge in [-0.1, -0.05) is 6.07 Å². The molecule has 4 atom stereocenters. The molecule has 2 bridgehead atoms. The number of thiophene rings is 1. The highest BCUT2D eigenvalue weighted by Gasteiger charge is 2.41. The van der Waals surface area contributed by atoms with Gasteiger partial charge in [0.2, 0.25) is 0 Å². The molecule has 0 spiro atoms. The van der Waals surface area contributed by atoms with Gasteiger partial charge in [0.15, 0.2) is 5.76 Å². The second-order valence-electron chi connectivity index (χ2n) is 7.78. The molecule has 3 aliphatic heterocycles. The highest BCUT2D eigenvalue weighted by Crippen LogP contribution is 2.42. The Morgan fingerprint density at radius 2 is 2.32 bits per heavy atom. The Morgan fingerprint density at radius 3 is 3.04 bits per heavy atom. The van der Waals surface area contributed by atoms with Crippen molar-refractivity contribution in [1.82, 2.24) is 20.0 Å². The van der Waals surface area contributed by atoms with Gasteiger partial charge in [0.1, 0.15) is 5.69 Å². The van der Waals surface area contributed by atoms with Crippen molar-refractivity contribution >= 4 is 17.2 Å². The zero-order valence-electron chi connectivity index (χ0n) is 15.9.